The van der Waals surface area contributed by atoms with E-state index in [9.17, 15) is 5.11 Å². The zero-order valence-electron chi connectivity index (χ0n) is 12.7. The summed E-state index contributed by atoms with van der Waals surface area (Å²) >= 11 is 0. The summed E-state index contributed by atoms with van der Waals surface area (Å²) in [6, 6.07) is 9.83. The van der Waals surface area contributed by atoms with E-state index in [0.717, 1.165) is 43.2 Å². The molecule has 0 saturated heterocycles. The van der Waals surface area contributed by atoms with E-state index in [2.05, 4.69) is 25.7 Å². The van der Waals surface area contributed by atoms with Crippen LogP contribution in [0.2, 0.25) is 0 Å². The largest absolute Gasteiger partial charge is 0.384 e. The zero-order chi connectivity index (χ0) is 14.6. The van der Waals surface area contributed by atoms with E-state index in [1.54, 1.807) is 0 Å². The standard InChI is InChI=1S/C19H26O/c1-3-5-7-8-10-14-17(13-6-4-2)19(20)18-15-11-9-12-16-18/h9,11-12,14-16,19-20H,3-7,13H2,1-2H3/b17-14+. The Kier molecular flexibility index (Phi) is 8.51. The summed E-state index contributed by atoms with van der Waals surface area (Å²) in [6.07, 6.45) is 7.78. The molecule has 0 aliphatic heterocycles. The monoisotopic (exact) mass is 270 g/mol. The highest BCUT2D eigenvalue weighted by molar-refractivity contribution is 5.30. The molecule has 0 spiro atoms. The second kappa shape index (κ2) is 10.3. The van der Waals surface area contributed by atoms with E-state index in [1.165, 1.54) is 6.42 Å². The van der Waals surface area contributed by atoms with Crippen LogP contribution in [0.1, 0.15) is 64.0 Å². The Bertz CT molecular complexity index is 448. The van der Waals surface area contributed by atoms with Crippen LogP contribution in [0, 0.1) is 11.8 Å². The molecule has 0 radical (unpaired) electrons. The van der Waals surface area contributed by atoms with Gasteiger partial charge in [-0.25, -0.2) is 0 Å². The maximum absolute atomic E-state index is 10.5. The first-order chi connectivity index (χ1) is 9.79. The molecular weight excluding hydrogens is 244 g/mol. The van der Waals surface area contributed by atoms with Crippen molar-refractivity contribution in [3.8, 4) is 11.8 Å². The van der Waals surface area contributed by atoms with E-state index >= 15 is 0 Å². The Morgan fingerprint density at radius 1 is 1.15 bits per heavy atom. The Labute approximate surface area is 123 Å². The third-order valence-electron chi connectivity index (χ3n) is 3.30. The number of aliphatic hydroxyl groups is 1. The van der Waals surface area contributed by atoms with Gasteiger partial charge in [-0.2, -0.15) is 0 Å². The zero-order valence-corrected chi connectivity index (χ0v) is 12.7. The van der Waals surface area contributed by atoms with Gasteiger partial charge in [0.05, 0.1) is 0 Å². The number of benzene rings is 1. The van der Waals surface area contributed by atoms with Crippen LogP contribution in [0.15, 0.2) is 42.0 Å². The molecule has 1 nitrogen and oxygen atoms in total. The fourth-order valence-corrected chi connectivity index (χ4v) is 2.00. The predicted molar refractivity (Wildman–Crippen MR) is 86.3 cm³/mol. The van der Waals surface area contributed by atoms with E-state index in [0.29, 0.717) is 0 Å². The molecule has 0 aliphatic rings. The molecule has 1 atom stereocenters. The molecule has 0 amide bonds. The smallest absolute Gasteiger partial charge is 0.101 e. The molecular formula is C19H26O. The third-order valence-corrected chi connectivity index (χ3v) is 3.30. The molecule has 1 N–H and O–H groups in total. The third kappa shape index (κ3) is 6.08. The highest BCUT2D eigenvalue weighted by Crippen LogP contribution is 2.25. The van der Waals surface area contributed by atoms with Crippen molar-refractivity contribution in [1.29, 1.82) is 0 Å². The molecule has 20 heavy (non-hydrogen) atoms. The first-order valence-corrected chi connectivity index (χ1v) is 7.69. The van der Waals surface area contributed by atoms with Gasteiger partial charge < -0.3 is 5.11 Å². The summed E-state index contributed by atoms with van der Waals surface area (Å²) in [5.41, 5.74) is 1.98. The van der Waals surface area contributed by atoms with Crippen LogP contribution in [-0.4, -0.2) is 5.11 Å². The lowest BCUT2D eigenvalue weighted by Gasteiger charge is -2.14. The van der Waals surface area contributed by atoms with Crippen LogP contribution in [0.4, 0.5) is 0 Å². The fourth-order valence-electron chi connectivity index (χ4n) is 2.00. The summed E-state index contributed by atoms with van der Waals surface area (Å²) in [5, 5.41) is 10.5. The molecule has 0 bridgehead atoms. The summed E-state index contributed by atoms with van der Waals surface area (Å²) in [6.45, 7) is 4.34. The number of unbranched alkanes of at least 4 members (excludes halogenated alkanes) is 3. The van der Waals surface area contributed by atoms with Gasteiger partial charge in [-0.1, -0.05) is 68.9 Å². The summed E-state index contributed by atoms with van der Waals surface area (Å²) < 4.78 is 0. The first-order valence-electron chi connectivity index (χ1n) is 7.69. The predicted octanol–water partition coefficient (Wildman–Crippen LogP) is 5.03. The minimum atomic E-state index is -0.525. The summed E-state index contributed by atoms with van der Waals surface area (Å²) in [7, 11) is 0. The topological polar surface area (TPSA) is 20.2 Å². The van der Waals surface area contributed by atoms with E-state index in [1.807, 2.05) is 36.4 Å². The molecule has 0 aliphatic carbocycles. The molecule has 0 saturated carbocycles. The Morgan fingerprint density at radius 2 is 1.85 bits per heavy atom. The van der Waals surface area contributed by atoms with E-state index < -0.39 is 6.10 Å². The normalized spacial score (nSPS) is 12.7. The van der Waals surface area contributed by atoms with Crippen LogP contribution in [0.25, 0.3) is 0 Å². The number of allylic oxidation sites excluding steroid dienone is 1. The van der Waals surface area contributed by atoms with Crippen molar-refractivity contribution < 1.29 is 5.11 Å². The lowest BCUT2D eigenvalue weighted by Crippen LogP contribution is -2.01. The second-order valence-corrected chi connectivity index (χ2v) is 5.06. The van der Waals surface area contributed by atoms with Gasteiger partial charge in [0.25, 0.3) is 0 Å². The Hall–Kier alpha value is -1.52. The molecule has 0 fully saturated rings. The molecule has 1 unspecified atom stereocenters. The van der Waals surface area contributed by atoms with Gasteiger partial charge in [0.1, 0.15) is 6.10 Å². The van der Waals surface area contributed by atoms with Crippen LogP contribution < -0.4 is 0 Å². The Balaban J connectivity index is 2.76. The average Bonchev–Trinajstić information content (AvgIpc) is 2.50. The van der Waals surface area contributed by atoms with Crippen LogP contribution in [-0.2, 0) is 0 Å². The van der Waals surface area contributed by atoms with Gasteiger partial charge in [0, 0.05) is 6.42 Å². The minimum Gasteiger partial charge on any atom is -0.384 e. The van der Waals surface area contributed by atoms with Gasteiger partial charge in [-0.15, -0.1) is 0 Å². The van der Waals surface area contributed by atoms with Crippen molar-refractivity contribution in [2.75, 3.05) is 0 Å². The molecule has 1 rings (SSSR count). The number of rotatable bonds is 7. The summed E-state index contributed by atoms with van der Waals surface area (Å²) in [5.74, 6) is 6.27. The maximum atomic E-state index is 10.5. The van der Waals surface area contributed by atoms with Gasteiger partial charge in [0.2, 0.25) is 0 Å². The molecule has 0 aromatic heterocycles. The fraction of sp³-hybridized carbons (Fsp3) is 0.474. The van der Waals surface area contributed by atoms with Gasteiger partial charge in [-0.05, 0) is 36.5 Å². The van der Waals surface area contributed by atoms with Crippen molar-refractivity contribution in [1.82, 2.24) is 0 Å². The van der Waals surface area contributed by atoms with Gasteiger partial charge >= 0.3 is 0 Å². The van der Waals surface area contributed by atoms with E-state index in [-0.39, 0.29) is 0 Å². The lowest BCUT2D eigenvalue weighted by atomic mass is 9.97. The van der Waals surface area contributed by atoms with Gasteiger partial charge in [-0.3, -0.25) is 0 Å². The highest BCUT2D eigenvalue weighted by atomic mass is 16.3. The number of aliphatic hydroxyl groups excluding tert-OH is 1. The SMILES string of the molecule is CCCCC#C/C=C(\CCCC)C(O)c1ccccc1. The van der Waals surface area contributed by atoms with Crippen molar-refractivity contribution in [2.45, 2.75) is 58.5 Å². The van der Waals surface area contributed by atoms with Crippen molar-refractivity contribution in [2.24, 2.45) is 0 Å². The molecule has 0 heterocycles. The average molecular weight is 270 g/mol. The summed E-state index contributed by atoms with van der Waals surface area (Å²) in [4.78, 5) is 0. The van der Waals surface area contributed by atoms with Gasteiger partial charge in [0.15, 0.2) is 0 Å². The maximum Gasteiger partial charge on any atom is 0.101 e. The molecule has 1 aromatic rings. The van der Waals surface area contributed by atoms with Crippen LogP contribution >= 0.6 is 0 Å². The Morgan fingerprint density at radius 3 is 2.50 bits per heavy atom. The van der Waals surface area contributed by atoms with Crippen molar-refractivity contribution >= 4 is 0 Å². The molecule has 1 heteroatoms. The van der Waals surface area contributed by atoms with Crippen molar-refractivity contribution in [3.63, 3.8) is 0 Å². The van der Waals surface area contributed by atoms with E-state index in [4.69, 9.17) is 0 Å². The van der Waals surface area contributed by atoms with Crippen molar-refractivity contribution in [3.05, 3.63) is 47.5 Å². The van der Waals surface area contributed by atoms with Crippen LogP contribution in [0.3, 0.4) is 0 Å². The molecule has 108 valence electrons. The first kappa shape index (κ1) is 16.5. The highest BCUT2D eigenvalue weighted by Gasteiger charge is 2.11. The second-order valence-electron chi connectivity index (χ2n) is 5.06. The molecule has 1 aromatic carbocycles. The minimum absolute atomic E-state index is 0.525. The number of hydrogen-bond acceptors (Lipinski definition) is 1. The lowest BCUT2D eigenvalue weighted by molar-refractivity contribution is 0.210. The van der Waals surface area contributed by atoms with Crippen LogP contribution in [0.5, 0.6) is 0 Å². The quantitative estimate of drug-likeness (QED) is 0.544. The number of hydrogen-bond donors (Lipinski definition) is 1.